The molecule has 1 heterocycles. The number of aliphatic hydroxyl groups is 2. The molecule has 0 aromatic carbocycles. The number of hydroxylamine groups is 2. The van der Waals surface area contributed by atoms with Gasteiger partial charge in [0, 0.05) is 13.1 Å². The van der Waals surface area contributed by atoms with Crippen molar-refractivity contribution in [1.82, 2.24) is 4.98 Å². The van der Waals surface area contributed by atoms with Crippen LogP contribution in [0.2, 0.25) is 0 Å². The van der Waals surface area contributed by atoms with Crippen LogP contribution in [0.25, 0.3) is 0 Å². The predicted octanol–water partition coefficient (Wildman–Crippen LogP) is 0.762. The molecule has 1 aromatic rings. The first-order valence-corrected chi connectivity index (χ1v) is 7.57. The van der Waals surface area contributed by atoms with E-state index in [0.29, 0.717) is 30.3 Å². The third-order valence-electron chi connectivity index (χ3n) is 3.04. The number of aliphatic hydroxyl groups excluding tert-OH is 2. The van der Waals surface area contributed by atoms with E-state index in [2.05, 4.69) is 11.1 Å². The summed E-state index contributed by atoms with van der Waals surface area (Å²) >= 11 is 0. The van der Waals surface area contributed by atoms with Crippen LogP contribution in [0.15, 0.2) is 6.07 Å². The van der Waals surface area contributed by atoms with Crippen molar-refractivity contribution in [2.24, 2.45) is 0 Å². The Bertz CT molecular complexity index is 533. The van der Waals surface area contributed by atoms with E-state index in [1.54, 1.807) is 11.1 Å². The van der Waals surface area contributed by atoms with Crippen LogP contribution < -0.4 is 10.1 Å². The summed E-state index contributed by atoms with van der Waals surface area (Å²) in [6, 6.07) is 3.89. The molecule has 0 bridgehead atoms. The van der Waals surface area contributed by atoms with Gasteiger partial charge in [0.1, 0.15) is 6.07 Å². The molecule has 0 saturated carbocycles. The molecule has 2 N–H and O–H groups in total. The van der Waals surface area contributed by atoms with Gasteiger partial charge >= 0.3 is 0 Å². The van der Waals surface area contributed by atoms with Crippen molar-refractivity contribution in [3.05, 3.63) is 17.2 Å². The van der Waals surface area contributed by atoms with Gasteiger partial charge in [-0.05, 0) is 32.4 Å². The van der Waals surface area contributed by atoms with Crippen LogP contribution in [0.1, 0.15) is 25.0 Å². The van der Waals surface area contributed by atoms with Gasteiger partial charge in [-0.3, -0.25) is 9.68 Å². The average molecular weight is 324 g/mol. The van der Waals surface area contributed by atoms with E-state index in [0.717, 1.165) is 5.56 Å². The number of aromatic nitrogens is 1. The van der Waals surface area contributed by atoms with E-state index in [1.165, 1.54) is 5.06 Å². The maximum Gasteiger partial charge on any atom is 0.173 e. The summed E-state index contributed by atoms with van der Waals surface area (Å²) < 4.78 is 0. The average Bonchev–Trinajstić information content (AvgIpc) is 2.56. The number of hydrogen-bond acceptors (Lipinski definition) is 8. The maximum absolute atomic E-state index is 9.40. The fourth-order valence-corrected chi connectivity index (χ4v) is 2.01. The lowest BCUT2D eigenvalue weighted by molar-refractivity contribution is 0.0699. The van der Waals surface area contributed by atoms with Gasteiger partial charge in [-0.2, -0.15) is 5.26 Å². The molecule has 0 unspecified atom stereocenters. The largest absolute Gasteiger partial charge is 0.394 e. The second kappa shape index (κ2) is 9.97. The van der Waals surface area contributed by atoms with Crippen LogP contribution in [0.5, 0.6) is 0 Å². The minimum absolute atomic E-state index is 0.0979. The number of rotatable bonds is 10. The lowest BCUT2D eigenvalue weighted by atomic mass is 10.1. The Morgan fingerprint density at radius 3 is 2.17 bits per heavy atom. The second-order valence-corrected chi connectivity index (χ2v) is 4.61. The third kappa shape index (κ3) is 5.04. The van der Waals surface area contributed by atoms with E-state index in [4.69, 9.17) is 19.9 Å². The Hall–Kier alpha value is -1.92. The maximum atomic E-state index is 9.40. The Labute approximate surface area is 136 Å². The standard InChI is InChI=1S/C15H24N4O4/c1-4-18(22-8-6-20)14-10-12(3)13(11-16)15(17-14)19(5-2)23-9-7-21/h10,20-21H,4-9H2,1-3H3. The van der Waals surface area contributed by atoms with E-state index in [1.807, 2.05) is 20.8 Å². The molecule has 0 amide bonds. The Balaban J connectivity index is 3.23. The normalized spacial score (nSPS) is 10.4. The fraction of sp³-hybridized carbons (Fsp3) is 0.600. The second-order valence-electron chi connectivity index (χ2n) is 4.61. The summed E-state index contributed by atoms with van der Waals surface area (Å²) in [6.45, 7) is 6.61. The van der Waals surface area contributed by atoms with Crippen LogP contribution in [0, 0.1) is 18.3 Å². The Kier molecular flexibility index (Phi) is 8.29. The predicted molar refractivity (Wildman–Crippen MR) is 85.8 cm³/mol. The van der Waals surface area contributed by atoms with E-state index in [-0.39, 0.29) is 26.4 Å². The minimum atomic E-state index is -0.127. The lowest BCUT2D eigenvalue weighted by Crippen LogP contribution is -2.30. The van der Waals surface area contributed by atoms with E-state index >= 15 is 0 Å². The molecular formula is C15H24N4O4. The van der Waals surface area contributed by atoms with Crippen molar-refractivity contribution in [1.29, 1.82) is 5.26 Å². The molecule has 8 heteroatoms. The third-order valence-corrected chi connectivity index (χ3v) is 3.04. The zero-order valence-electron chi connectivity index (χ0n) is 13.8. The van der Waals surface area contributed by atoms with Crippen LogP contribution in [-0.2, 0) is 9.68 Å². The van der Waals surface area contributed by atoms with Gasteiger partial charge in [-0.25, -0.2) is 15.1 Å². The van der Waals surface area contributed by atoms with Gasteiger partial charge in [0.15, 0.2) is 11.6 Å². The van der Waals surface area contributed by atoms with Crippen molar-refractivity contribution in [3.63, 3.8) is 0 Å². The van der Waals surface area contributed by atoms with Gasteiger partial charge in [-0.1, -0.05) is 0 Å². The van der Waals surface area contributed by atoms with Gasteiger partial charge in [0.2, 0.25) is 0 Å². The Morgan fingerprint density at radius 2 is 1.70 bits per heavy atom. The smallest absolute Gasteiger partial charge is 0.173 e. The molecule has 0 fully saturated rings. The minimum Gasteiger partial charge on any atom is -0.394 e. The van der Waals surface area contributed by atoms with Crippen LogP contribution in [0.3, 0.4) is 0 Å². The first-order chi connectivity index (χ1) is 11.1. The van der Waals surface area contributed by atoms with E-state index in [9.17, 15) is 5.26 Å². The first kappa shape index (κ1) is 19.1. The van der Waals surface area contributed by atoms with Gasteiger partial charge in [0.05, 0.1) is 32.0 Å². The molecule has 0 aliphatic heterocycles. The van der Waals surface area contributed by atoms with Gasteiger partial charge in [0.25, 0.3) is 0 Å². The number of anilines is 2. The van der Waals surface area contributed by atoms with Crippen LogP contribution in [-0.4, -0.2) is 54.7 Å². The molecule has 0 saturated heterocycles. The molecule has 0 aliphatic carbocycles. The highest BCUT2D eigenvalue weighted by Crippen LogP contribution is 2.26. The van der Waals surface area contributed by atoms with Crippen molar-refractivity contribution in [3.8, 4) is 6.07 Å². The number of pyridine rings is 1. The highest BCUT2D eigenvalue weighted by atomic mass is 16.7. The molecule has 0 spiro atoms. The van der Waals surface area contributed by atoms with Crippen molar-refractivity contribution < 1.29 is 19.9 Å². The zero-order valence-corrected chi connectivity index (χ0v) is 13.8. The summed E-state index contributed by atoms with van der Waals surface area (Å²) in [5.74, 6) is 0.906. The highest BCUT2D eigenvalue weighted by molar-refractivity contribution is 5.61. The molecule has 23 heavy (non-hydrogen) atoms. The fourth-order valence-electron chi connectivity index (χ4n) is 2.01. The molecule has 0 atom stereocenters. The number of nitrogens with zero attached hydrogens (tertiary/aromatic N) is 4. The molecule has 128 valence electrons. The molecule has 8 nitrogen and oxygen atoms in total. The summed E-state index contributed by atoms with van der Waals surface area (Å²) in [5.41, 5.74) is 1.15. The van der Waals surface area contributed by atoms with Gasteiger partial charge in [-0.15, -0.1) is 0 Å². The zero-order chi connectivity index (χ0) is 17.2. The molecule has 1 aromatic heterocycles. The summed E-state index contributed by atoms with van der Waals surface area (Å²) in [5, 5.41) is 30.3. The Morgan fingerprint density at radius 1 is 1.13 bits per heavy atom. The molecule has 0 radical (unpaired) electrons. The summed E-state index contributed by atoms with van der Waals surface area (Å²) in [4.78, 5) is 15.4. The first-order valence-electron chi connectivity index (χ1n) is 7.57. The lowest BCUT2D eigenvalue weighted by Gasteiger charge is -2.26. The topological polar surface area (TPSA) is 102 Å². The van der Waals surface area contributed by atoms with Gasteiger partial charge < -0.3 is 10.2 Å². The van der Waals surface area contributed by atoms with Crippen LogP contribution >= 0.6 is 0 Å². The number of nitriles is 1. The van der Waals surface area contributed by atoms with Crippen LogP contribution in [0.4, 0.5) is 11.6 Å². The molecule has 1 rings (SSSR count). The number of aryl methyl sites for hydroxylation is 1. The SMILES string of the molecule is CCN(OCCO)c1cc(C)c(C#N)c(N(CC)OCCO)n1. The highest BCUT2D eigenvalue weighted by Gasteiger charge is 2.19. The van der Waals surface area contributed by atoms with Crippen molar-refractivity contribution in [2.75, 3.05) is 49.6 Å². The summed E-state index contributed by atoms with van der Waals surface area (Å²) in [7, 11) is 0. The van der Waals surface area contributed by atoms with E-state index < -0.39 is 0 Å². The molecular weight excluding hydrogens is 300 g/mol. The monoisotopic (exact) mass is 324 g/mol. The molecule has 0 aliphatic rings. The van der Waals surface area contributed by atoms with Crippen molar-refractivity contribution >= 4 is 11.6 Å². The summed E-state index contributed by atoms with van der Waals surface area (Å²) in [6.07, 6.45) is 0. The quantitative estimate of drug-likeness (QED) is 0.608. The number of hydrogen-bond donors (Lipinski definition) is 2. The van der Waals surface area contributed by atoms with Crippen molar-refractivity contribution in [2.45, 2.75) is 20.8 Å².